The second kappa shape index (κ2) is 7.21. The van der Waals surface area contributed by atoms with E-state index < -0.39 is 15.7 Å². The Balaban J connectivity index is 2.19. The Hall–Kier alpha value is -1.80. The topological polar surface area (TPSA) is 84.9 Å². The first-order chi connectivity index (χ1) is 11.5. The third-order valence-electron chi connectivity index (χ3n) is 3.77. The Kier molecular flexibility index (Phi) is 5.63. The molecular weight excluding hydrogens is 344 g/mol. The number of benzene rings is 1. The monoisotopic (exact) mass is 370 g/mol. The largest absolute Gasteiger partial charge is 0.444 e. The lowest BCUT2D eigenvalue weighted by atomic mass is 9.99. The van der Waals surface area contributed by atoms with Crippen LogP contribution in [0.1, 0.15) is 37.9 Å². The van der Waals surface area contributed by atoms with Gasteiger partial charge in [0.05, 0.1) is 12.3 Å². The molecule has 1 aromatic carbocycles. The van der Waals surface area contributed by atoms with E-state index in [9.17, 15) is 13.2 Å². The summed E-state index contributed by atoms with van der Waals surface area (Å²) in [5.41, 5.74) is 1.09. The minimum Gasteiger partial charge on any atom is -0.444 e. The summed E-state index contributed by atoms with van der Waals surface area (Å²) in [5.74, 6) is 0.302. The van der Waals surface area contributed by atoms with E-state index in [-0.39, 0.29) is 12.1 Å². The second-order valence-electron chi connectivity index (χ2n) is 7.19. The van der Waals surface area contributed by atoms with Gasteiger partial charge >= 0.3 is 16.2 Å². The fraction of sp³-hybridized carbons (Fsp3) is 0.588. The number of piperazine rings is 1. The Bertz CT molecular complexity index is 740. The Labute approximate surface area is 149 Å². The van der Waals surface area contributed by atoms with Gasteiger partial charge in [0.2, 0.25) is 0 Å². The predicted octanol–water partition coefficient (Wildman–Crippen LogP) is 2.21. The van der Waals surface area contributed by atoms with Crippen molar-refractivity contribution in [3.05, 3.63) is 29.3 Å². The number of amides is 1. The molecule has 1 atom stereocenters. The highest BCUT2D eigenvalue weighted by Crippen LogP contribution is 2.29. The van der Waals surface area contributed by atoms with Gasteiger partial charge in [-0.1, -0.05) is 12.1 Å². The highest BCUT2D eigenvalue weighted by atomic mass is 32.2. The lowest BCUT2D eigenvalue weighted by molar-refractivity contribution is 0.0195. The lowest BCUT2D eigenvalue weighted by Crippen LogP contribution is -2.49. The van der Waals surface area contributed by atoms with Crippen molar-refractivity contribution in [1.82, 2.24) is 10.2 Å². The van der Waals surface area contributed by atoms with Crippen molar-refractivity contribution in [2.24, 2.45) is 0 Å². The molecule has 1 saturated heterocycles. The minimum atomic E-state index is -3.60. The fourth-order valence-corrected chi connectivity index (χ4v) is 3.22. The molecule has 0 spiro atoms. The molecule has 0 aliphatic carbocycles. The van der Waals surface area contributed by atoms with E-state index >= 15 is 0 Å². The van der Waals surface area contributed by atoms with Gasteiger partial charge in [-0.15, -0.1) is 0 Å². The number of carbonyl (C=O) groups is 1. The normalized spacial score (nSPS) is 18.8. The van der Waals surface area contributed by atoms with Gasteiger partial charge in [-0.05, 0) is 44.9 Å². The molecule has 2 rings (SSSR count). The van der Waals surface area contributed by atoms with Crippen LogP contribution in [0, 0.1) is 6.92 Å². The molecule has 8 heteroatoms. The second-order valence-corrected chi connectivity index (χ2v) is 8.77. The standard InChI is InChI=1S/C17H26N2O5S/c1-12-13(7-6-8-15(12)24-25(5,21)22)14-11-19(10-9-18-14)16(20)23-17(2,3)4/h6-8,14,18H,9-11H2,1-5H3. The molecule has 0 aromatic heterocycles. The van der Waals surface area contributed by atoms with Crippen LogP contribution in [0.25, 0.3) is 0 Å². The Morgan fingerprint density at radius 1 is 1.32 bits per heavy atom. The van der Waals surface area contributed by atoms with E-state index in [4.69, 9.17) is 8.92 Å². The van der Waals surface area contributed by atoms with Crippen molar-refractivity contribution in [2.75, 3.05) is 25.9 Å². The first kappa shape index (κ1) is 19.5. The van der Waals surface area contributed by atoms with Gasteiger partial charge < -0.3 is 19.1 Å². The molecule has 0 radical (unpaired) electrons. The molecule has 140 valence electrons. The number of carbonyl (C=O) groups excluding carboxylic acids is 1. The summed E-state index contributed by atoms with van der Waals surface area (Å²) in [7, 11) is -3.60. The summed E-state index contributed by atoms with van der Waals surface area (Å²) in [6.07, 6.45) is 0.669. The average molecular weight is 370 g/mol. The van der Waals surface area contributed by atoms with Crippen LogP contribution >= 0.6 is 0 Å². The van der Waals surface area contributed by atoms with Gasteiger partial charge in [-0.25, -0.2) is 4.79 Å². The van der Waals surface area contributed by atoms with E-state index in [1.165, 1.54) is 0 Å². The molecular formula is C17H26N2O5S. The van der Waals surface area contributed by atoms with Crippen LogP contribution in [0.4, 0.5) is 4.79 Å². The van der Waals surface area contributed by atoms with Crippen molar-refractivity contribution in [3.8, 4) is 5.75 Å². The van der Waals surface area contributed by atoms with Crippen LogP contribution in [0.5, 0.6) is 5.75 Å². The van der Waals surface area contributed by atoms with Crippen molar-refractivity contribution in [2.45, 2.75) is 39.3 Å². The van der Waals surface area contributed by atoms with Crippen LogP contribution in [0.3, 0.4) is 0 Å². The average Bonchev–Trinajstić information content (AvgIpc) is 2.46. The van der Waals surface area contributed by atoms with Crippen LogP contribution in [0.2, 0.25) is 0 Å². The molecule has 7 nitrogen and oxygen atoms in total. The smallest absolute Gasteiger partial charge is 0.410 e. The molecule has 0 saturated carbocycles. The fourth-order valence-electron chi connectivity index (χ4n) is 2.71. The van der Waals surface area contributed by atoms with Gasteiger partial charge in [0.25, 0.3) is 0 Å². The first-order valence-electron chi connectivity index (χ1n) is 8.16. The van der Waals surface area contributed by atoms with E-state index in [0.717, 1.165) is 17.4 Å². The zero-order valence-electron chi connectivity index (χ0n) is 15.3. The molecule has 1 amide bonds. The molecule has 1 aromatic rings. The van der Waals surface area contributed by atoms with E-state index in [0.29, 0.717) is 25.4 Å². The molecule has 1 aliphatic heterocycles. The number of ether oxygens (including phenoxy) is 1. The Morgan fingerprint density at radius 3 is 2.60 bits per heavy atom. The zero-order valence-corrected chi connectivity index (χ0v) is 16.1. The number of hydrogen-bond acceptors (Lipinski definition) is 6. The minimum absolute atomic E-state index is 0.121. The zero-order chi connectivity index (χ0) is 18.8. The molecule has 1 fully saturated rings. The van der Waals surface area contributed by atoms with E-state index in [1.807, 2.05) is 33.8 Å². The maximum atomic E-state index is 12.3. The van der Waals surface area contributed by atoms with Crippen molar-refractivity contribution >= 4 is 16.2 Å². The van der Waals surface area contributed by atoms with Gasteiger partial charge in [0.15, 0.2) is 0 Å². The molecule has 0 bridgehead atoms. The molecule has 1 unspecified atom stereocenters. The number of nitrogens with one attached hydrogen (secondary N) is 1. The van der Waals surface area contributed by atoms with Gasteiger partial charge in [0, 0.05) is 19.6 Å². The summed E-state index contributed by atoms with van der Waals surface area (Å²) in [4.78, 5) is 14.0. The summed E-state index contributed by atoms with van der Waals surface area (Å²) in [6.45, 7) is 8.94. The summed E-state index contributed by atoms with van der Waals surface area (Å²) in [5, 5.41) is 3.36. The van der Waals surface area contributed by atoms with Crippen molar-refractivity contribution < 1.29 is 22.1 Å². The summed E-state index contributed by atoms with van der Waals surface area (Å²) >= 11 is 0. The molecule has 1 heterocycles. The molecule has 25 heavy (non-hydrogen) atoms. The van der Waals surface area contributed by atoms with Crippen molar-refractivity contribution in [1.29, 1.82) is 0 Å². The Morgan fingerprint density at radius 2 is 2.00 bits per heavy atom. The van der Waals surface area contributed by atoms with Crippen LogP contribution in [-0.2, 0) is 14.9 Å². The van der Waals surface area contributed by atoms with Crippen LogP contribution < -0.4 is 9.50 Å². The van der Waals surface area contributed by atoms with E-state index in [2.05, 4.69) is 5.32 Å². The maximum Gasteiger partial charge on any atom is 0.410 e. The molecule has 1 aliphatic rings. The highest BCUT2D eigenvalue weighted by Gasteiger charge is 2.29. The third kappa shape index (κ3) is 5.61. The van der Waals surface area contributed by atoms with Crippen molar-refractivity contribution in [3.63, 3.8) is 0 Å². The van der Waals surface area contributed by atoms with Crippen LogP contribution in [0.15, 0.2) is 18.2 Å². The lowest BCUT2D eigenvalue weighted by Gasteiger charge is -2.35. The summed E-state index contributed by atoms with van der Waals surface area (Å²) < 4.78 is 33.3. The van der Waals surface area contributed by atoms with Gasteiger partial charge in [-0.3, -0.25) is 0 Å². The van der Waals surface area contributed by atoms with Crippen LogP contribution in [-0.4, -0.2) is 50.9 Å². The SMILES string of the molecule is Cc1c(OS(C)(=O)=O)cccc1C1CN(C(=O)OC(C)(C)C)CCN1. The first-order valence-corrected chi connectivity index (χ1v) is 9.98. The maximum absolute atomic E-state index is 12.3. The number of nitrogens with zero attached hydrogens (tertiary/aromatic N) is 1. The van der Waals surface area contributed by atoms with E-state index in [1.54, 1.807) is 17.0 Å². The quantitative estimate of drug-likeness (QED) is 0.821. The predicted molar refractivity (Wildman–Crippen MR) is 95.2 cm³/mol. The molecule has 1 N–H and O–H groups in total. The number of rotatable bonds is 3. The number of hydrogen-bond donors (Lipinski definition) is 1. The van der Waals surface area contributed by atoms with Gasteiger partial charge in [-0.2, -0.15) is 8.42 Å². The highest BCUT2D eigenvalue weighted by molar-refractivity contribution is 7.86. The third-order valence-corrected chi connectivity index (χ3v) is 4.25. The van der Waals surface area contributed by atoms with Gasteiger partial charge in [0.1, 0.15) is 11.4 Å². The summed E-state index contributed by atoms with van der Waals surface area (Å²) in [6, 6.07) is 5.15.